The number of carbonyl (C=O) groups excluding carboxylic acids is 1. The van der Waals surface area contributed by atoms with E-state index in [9.17, 15) is 4.79 Å². The van der Waals surface area contributed by atoms with Gasteiger partial charge >= 0.3 is 6.09 Å². The van der Waals surface area contributed by atoms with Crippen molar-refractivity contribution < 1.29 is 14.3 Å². The lowest BCUT2D eigenvalue weighted by molar-refractivity contribution is 0.187. The molecule has 0 unspecified atom stereocenters. The van der Waals surface area contributed by atoms with Crippen LogP contribution in [-0.2, 0) is 11.3 Å². The van der Waals surface area contributed by atoms with Gasteiger partial charge in [0.1, 0.15) is 12.4 Å². The van der Waals surface area contributed by atoms with E-state index in [4.69, 9.17) is 4.74 Å². The number of aromatic nitrogens is 1. The largest absolute Gasteiger partial charge is 0.488 e. The average Bonchev–Trinajstić information content (AvgIpc) is 2.61. The van der Waals surface area contributed by atoms with Crippen molar-refractivity contribution in [2.45, 2.75) is 13.5 Å². The monoisotopic (exact) mass is 322 g/mol. The van der Waals surface area contributed by atoms with Gasteiger partial charge in [-0.25, -0.2) is 4.79 Å². The molecule has 3 aromatic rings. The molecule has 0 saturated heterocycles. The number of fused-ring (bicyclic) bond motifs is 1. The van der Waals surface area contributed by atoms with Gasteiger partial charge in [-0.3, -0.25) is 10.3 Å². The molecule has 2 aromatic carbocycles. The van der Waals surface area contributed by atoms with Crippen molar-refractivity contribution in [3.05, 3.63) is 66.0 Å². The number of nitrogens with one attached hydrogen (secondary N) is 1. The lowest BCUT2D eigenvalue weighted by atomic mass is 10.1. The summed E-state index contributed by atoms with van der Waals surface area (Å²) in [4.78, 5) is 15.6. The van der Waals surface area contributed by atoms with E-state index in [1.165, 1.54) is 7.11 Å². The Hall–Kier alpha value is -3.08. The SMILES string of the molecule is COC(=O)Nc1cccc(C)c1COc1cccc2cnccc12. The van der Waals surface area contributed by atoms with E-state index in [2.05, 4.69) is 15.0 Å². The molecule has 1 heterocycles. The molecule has 0 saturated carbocycles. The number of anilines is 1. The number of hydrogen-bond donors (Lipinski definition) is 1. The minimum atomic E-state index is -0.502. The number of carbonyl (C=O) groups is 1. The number of methoxy groups -OCH3 is 1. The number of rotatable bonds is 4. The Balaban J connectivity index is 1.87. The third kappa shape index (κ3) is 3.30. The average molecular weight is 322 g/mol. The first-order valence-corrected chi connectivity index (χ1v) is 7.58. The molecule has 24 heavy (non-hydrogen) atoms. The molecule has 5 nitrogen and oxygen atoms in total. The fourth-order valence-electron chi connectivity index (χ4n) is 2.54. The Bertz CT molecular complexity index is 872. The van der Waals surface area contributed by atoms with Gasteiger partial charge < -0.3 is 9.47 Å². The van der Waals surface area contributed by atoms with Crippen molar-refractivity contribution in [3.63, 3.8) is 0 Å². The number of nitrogens with zero attached hydrogens (tertiary/aromatic N) is 1. The van der Waals surface area contributed by atoms with Gasteiger partial charge in [0.05, 0.1) is 12.8 Å². The standard InChI is InChI=1S/C19H18N2O3/c1-13-5-3-7-17(21-19(22)23-2)16(13)12-24-18-8-4-6-14-11-20-10-9-15(14)18/h3-11H,12H2,1-2H3,(H,21,22). The first kappa shape index (κ1) is 15.8. The third-order valence-electron chi connectivity index (χ3n) is 3.85. The Morgan fingerprint density at radius 1 is 1.17 bits per heavy atom. The van der Waals surface area contributed by atoms with Gasteiger partial charge in [0, 0.05) is 28.7 Å². The summed E-state index contributed by atoms with van der Waals surface area (Å²) in [5.74, 6) is 0.780. The Labute approximate surface area is 140 Å². The number of aryl methyl sites for hydroxylation is 1. The van der Waals surface area contributed by atoms with Crippen molar-refractivity contribution >= 4 is 22.6 Å². The molecule has 0 aliphatic carbocycles. The zero-order valence-electron chi connectivity index (χ0n) is 13.6. The Kier molecular flexibility index (Phi) is 4.61. The minimum absolute atomic E-state index is 0.341. The molecule has 122 valence electrons. The molecular weight excluding hydrogens is 304 g/mol. The van der Waals surface area contributed by atoms with Gasteiger partial charge in [-0.15, -0.1) is 0 Å². The van der Waals surface area contributed by atoms with Crippen LogP contribution in [0.25, 0.3) is 10.8 Å². The maximum atomic E-state index is 11.5. The maximum absolute atomic E-state index is 11.5. The molecule has 0 spiro atoms. The van der Waals surface area contributed by atoms with Gasteiger partial charge in [0.2, 0.25) is 0 Å². The smallest absolute Gasteiger partial charge is 0.411 e. The first-order chi connectivity index (χ1) is 11.7. The van der Waals surface area contributed by atoms with Crippen molar-refractivity contribution in [3.8, 4) is 5.75 Å². The Morgan fingerprint density at radius 2 is 2.00 bits per heavy atom. The summed E-state index contributed by atoms with van der Waals surface area (Å²) in [6, 6.07) is 13.5. The summed E-state index contributed by atoms with van der Waals surface area (Å²) < 4.78 is 10.7. The maximum Gasteiger partial charge on any atom is 0.411 e. The van der Waals surface area contributed by atoms with E-state index in [0.717, 1.165) is 27.6 Å². The number of pyridine rings is 1. The normalized spacial score (nSPS) is 10.4. The number of hydrogen-bond acceptors (Lipinski definition) is 4. The van der Waals surface area contributed by atoms with E-state index in [1.807, 2.05) is 49.4 Å². The van der Waals surface area contributed by atoms with Crippen LogP contribution in [0, 0.1) is 6.92 Å². The topological polar surface area (TPSA) is 60.5 Å². The van der Waals surface area contributed by atoms with E-state index < -0.39 is 6.09 Å². The molecule has 0 aliphatic rings. The van der Waals surface area contributed by atoms with Crippen LogP contribution in [0.1, 0.15) is 11.1 Å². The first-order valence-electron chi connectivity index (χ1n) is 7.58. The van der Waals surface area contributed by atoms with Crippen LogP contribution >= 0.6 is 0 Å². The Morgan fingerprint density at radius 3 is 2.83 bits per heavy atom. The van der Waals surface area contributed by atoms with Crippen LogP contribution in [0.5, 0.6) is 5.75 Å². The van der Waals surface area contributed by atoms with E-state index in [0.29, 0.717) is 12.3 Å². The fourth-order valence-corrected chi connectivity index (χ4v) is 2.54. The molecule has 0 bridgehead atoms. The van der Waals surface area contributed by atoms with Crippen LogP contribution in [0.3, 0.4) is 0 Å². The summed E-state index contributed by atoms with van der Waals surface area (Å²) in [7, 11) is 1.34. The van der Waals surface area contributed by atoms with Crippen molar-refractivity contribution in [1.82, 2.24) is 4.98 Å². The van der Waals surface area contributed by atoms with Crippen LogP contribution < -0.4 is 10.1 Å². The molecule has 0 radical (unpaired) electrons. The lowest BCUT2D eigenvalue weighted by Crippen LogP contribution is -2.14. The van der Waals surface area contributed by atoms with Crippen molar-refractivity contribution in [2.75, 3.05) is 12.4 Å². The fraction of sp³-hybridized carbons (Fsp3) is 0.158. The van der Waals surface area contributed by atoms with E-state index in [-0.39, 0.29) is 0 Å². The number of ether oxygens (including phenoxy) is 2. The predicted molar refractivity (Wildman–Crippen MR) is 93.3 cm³/mol. The van der Waals surface area contributed by atoms with E-state index in [1.54, 1.807) is 12.4 Å². The highest BCUT2D eigenvalue weighted by Gasteiger charge is 2.11. The highest BCUT2D eigenvalue weighted by atomic mass is 16.5. The summed E-state index contributed by atoms with van der Waals surface area (Å²) in [5.41, 5.74) is 2.63. The number of amides is 1. The zero-order chi connectivity index (χ0) is 16.9. The molecule has 1 amide bonds. The van der Waals surface area contributed by atoms with Crippen LogP contribution in [0.4, 0.5) is 10.5 Å². The molecule has 0 fully saturated rings. The molecule has 0 aliphatic heterocycles. The van der Waals surface area contributed by atoms with E-state index >= 15 is 0 Å². The molecule has 5 heteroatoms. The second-order valence-electron chi connectivity index (χ2n) is 5.36. The van der Waals surface area contributed by atoms with Gasteiger partial charge in [0.15, 0.2) is 0 Å². The predicted octanol–water partition coefficient (Wildman–Crippen LogP) is 4.30. The van der Waals surface area contributed by atoms with Gasteiger partial charge in [-0.2, -0.15) is 0 Å². The highest BCUT2D eigenvalue weighted by Crippen LogP contribution is 2.27. The summed E-state index contributed by atoms with van der Waals surface area (Å²) >= 11 is 0. The quantitative estimate of drug-likeness (QED) is 0.778. The third-order valence-corrected chi connectivity index (χ3v) is 3.85. The summed E-state index contributed by atoms with van der Waals surface area (Å²) in [5, 5.41) is 4.75. The van der Waals surface area contributed by atoms with Crippen LogP contribution in [-0.4, -0.2) is 18.2 Å². The van der Waals surface area contributed by atoms with Crippen LogP contribution in [0.2, 0.25) is 0 Å². The second kappa shape index (κ2) is 7.00. The molecule has 3 rings (SSSR count). The van der Waals surface area contributed by atoms with Gasteiger partial charge in [-0.05, 0) is 30.7 Å². The molecular formula is C19H18N2O3. The summed E-state index contributed by atoms with van der Waals surface area (Å²) in [6.07, 6.45) is 3.05. The summed E-state index contributed by atoms with van der Waals surface area (Å²) in [6.45, 7) is 2.32. The molecule has 1 N–H and O–H groups in total. The number of benzene rings is 2. The van der Waals surface area contributed by atoms with Crippen LogP contribution in [0.15, 0.2) is 54.9 Å². The lowest BCUT2D eigenvalue weighted by Gasteiger charge is -2.15. The van der Waals surface area contributed by atoms with Crippen molar-refractivity contribution in [1.29, 1.82) is 0 Å². The van der Waals surface area contributed by atoms with Gasteiger partial charge in [-0.1, -0.05) is 24.3 Å². The minimum Gasteiger partial charge on any atom is -0.488 e. The van der Waals surface area contributed by atoms with Crippen molar-refractivity contribution in [2.24, 2.45) is 0 Å². The highest BCUT2D eigenvalue weighted by molar-refractivity contribution is 5.87. The second-order valence-corrected chi connectivity index (χ2v) is 5.36. The molecule has 1 aromatic heterocycles. The van der Waals surface area contributed by atoms with Gasteiger partial charge in [0.25, 0.3) is 0 Å². The molecule has 0 atom stereocenters. The zero-order valence-corrected chi connectivity index (χ0v) is 13.6.